The highest BCUT2D eigenvalue weighted by Gasteiger charge is 2.20. The van der Waals surface area contributed by atoms with Crippen molar-refractivity contribution in [1.82, 2.24) is 10.2 Å². The lowest BCUT2D eigenvalue weighted by molar-refractivity contribution is -0.114. The molecule has 1 saturated carbocycles. The molecule has 2 aromatic rings. The quantitative estimate of drug-likeness (QED) is 0.534. The summed E-state index contributed by atoms with van der Waals surface area (Å²) in [6, 6.07) is 12.2. The standard InChI is InChI=1S/C26H31ClN4O3/c27-23-13-12-21(16-22(23)25(33)30-19-6-2-1-3-7-19)28-17-24(32)29-20-10-8-18(9-11-20)26(34)31-14-4-5-15-31/h8-13,16,19,28H,1-7,14-15,17H2,(H,29,32)(H,30,33). The minimum absolute atomic E-state index is 0.0276. The Morgan fingerprint density at radius 1 is 0.882 bits per heavy atom. The van der Waals surface area contributed by atoms with Gasteiger partial charge in [0.15, 0.2) is 0 Å². The predicted molar refractivity (Wildman–Crippen MR) is 134 cm³/mol. The number of nitrogens with zero attached hydrogens (tertiary/aromatic N) is 1. The Hall–Kier alpha value is -3.06. The number of hydrogen-bond acceptors (Lipinski definition) is 4. The highest BCUT2D eigenvalue weighted by atomic mass is 35.5. The van der Waals surface area contributed by atoms with E-state index in [-0.39, 0.29) is 30.3 Å². The van der Waals surface area contributed by atoms with Crippen LogP contribution in [0.5, 0.6) is 0 Å². The van der Waals surface area contributed by atoms with Gasteiger partial charge in [0.25, 0.3) is 11.8 Å². The van der Waals surface area contributed by atoms with E-state index in [0.717, 1.165) is 51.6 Å². The zero-order valence-corrected chi connectivity index (χ0v) is 20.0. The number of amides is 3. The summed E-state index contributed by atoms with van der Waals surface area (Å²) in [5, 5.41) is 9.32. The van der Waals surface area contributed by atoms with E-state index < -0.39 is 0 Å². The fourth-order valence-electron chi connectivity index (χ4n) is 4.51. The molecule has 0 atom stereocenters. The van der Waals surface area contributed by atoms with Gasteiger partial charge in [-0.3, -0.25) is 14.4 Å². The van der Waals surface area contributed by atoms with Crippen molar-refractivity contribution in [3.8, 4) is 0 Å². The summed E-state index contributed by atoms with van der Waals surface area (Å²) in [6.07, 6.45) is 7.57. The van der Waals surface area contributed by atoms with E-state index >= 15 is 0 Å². The molecular weight excluding hydrogens is 452 g/mol. The molecule has 1 heterocycles. The maximum Gasteiger partial charge on any atom is 0.253 e. The first-order chi connectivity index (χ1) is 16.5. The molecule has 0 radical (unpaired) electrons. The van der Waals surface area contributed by atoms with Gasteiger partial charge in [0.2, 0.25) is 5.91 Å². The van der Waals surface area contributed by atoms with Crippen LogP contribution in [0.3, 0.4) is 0 Å². The van der Waals surface area contributed by atoms with Crippen LogP contribution in [-0.2, 0) is 4.79 Å². The van der Waals surface area contributed by atoms with E-state index in [9.17, 15) is 14.4 Å². The third-order valence-corrected chi connectivity index (χ3v) is 6.74. The van der Waals surface area contributed by atoms with Gasteiger partial charge in [0, 0.05) is 36.1 Å². The number of hydrogen-bond donors (Lipinski definition) is 3. The number of halogens is 1. The molecule has 1 saturated heterocycles. The van der Waals surface area contributed by atoms with Crippen molar-refractivity contribution in [3.05, 3.63) is 58.6 Å². The minimum Gasteiger partial charge on any atom is -0.376 e. The SMILES string of the molecule is O=C(CNc1ccc(Cl)c(C(=O)NC2CCCCC2)c1)Nc1ccc(C(=O)N2CCCC2)cc1. The molecule has 0 spiro atoms. The van der Waals surface area contributed by atoms with Crippen LogP contribution in [0.4, 0.5) is 11.4 Å². The van der Waals surface area contributed by atoms with Crippen molar-refractivity contribution in [2.24, 2.45) is 0 Å². The number of carbonyl (C=O) groups is 3. The Bertz CT molecular complexity index is 1030. The molecule has 8 heteroatoms. The zero-order valence-electron chi connectivity index (χ0n) is 19.2. The van der Waals surface area contributed by atoms with Crippen molar-refractivity contribution >= 4 is 40.7 Å². The van der Waals surface area contributed by atoms with Crippen LogP contribution in [-0.4, -0.2) is 48.3 Å². The second-order valence-corrected chi connectivity index (χ2v) is 9.39. The van der Waals surface area contributed by atoms with Gasteiger partial charge in [0.1, 0.15) is 0 Å². The average Bonchev–Trinajstić information content (AvgIpc) is 3.39. The van der Waals surface area contributed by atoms with E-state index in [2.05, 4.69) is 16.0 Å². The summed E-state index contributed by atoms with van der Waals surface area (Å²) in [7, 11) is 0. The first kappa shape index (κ1) is 24.1. The number of benzene rings is 2. The topological polar surface area (TPSA) is 90.5 Å². The molecule has 2 aliphatic rings. The van der Waals surface area contributed by atoms with E-state index in [1.54, 1.807) is 42.5 Å². The molecule has 7 nitrogen and oxygen atoms in total. The summed E-state index contributed by atoms with van der Waals surface area (Å²) in [5.74, 6) is -0.390. The predicted octanol–water partition coefficient (Wildman–Crippen LogP) is 4.69. The Morgan fingerprint density at radius 2 is 1.56 bits per heavy atom. The fraction of sp³-hybridized carbons (Fsp3) is 0.423. The lowest BCUT2D eigenvalue weighted by atomic mass is 9.95. The van der Waals surface area contributed by atoms with Gasteiger partial charge in [-0.15, -0.1) is 0 Å². The fourth-order valence-corrected chi connectivity index (χ4v) is 4.71. The van der Waals surface area contributed by atoms with Crippen molar-refractivity contribution in [1.29, 1.82) is 0 Å². The second kappa shape index (κ2) is 11.4. The van der Waals surface area contributed by atoms with Crippen molar-refractivity contribution in [3.63, 3.8) is 0 Å². The van der Waals surface area contributed by atoms with Gasteiger partial charge < -0.3 is 20.9 Å². The Labute approximate surface area is 205 Å². The van der Waals surface area contributed by atoms with Crippen LogP contribution in [0.25, 0.3) is 0 Å². The number of nitrogens with one attached hydrogen (secondary N) is 3. The number of anilines is 2. The highest BCUT2D eigenvalue weighted by Crippen LogP contribution is 2.23. The van der Waals surface area contributed by atoms with Gasteiger partial charge in [-0.25, -0.2) is 0 Å². The third kappa shape index (κ3) is 6.29. The molecule has 2 fully saturated rings. The summed E-state index contributed by atoms with van der Waals surface area (Å²) in [5.41, 5.74) is 2.28. The van der Waals surface area contributed by atoms with Gasteiger partial charge in [0.05, 0.1) is 17.1 Å². The van der Waals surface area contributed by atoms with E-state index in [1.807, 2.05) is 4.90 Å². The molecule has 34 heavy (non-hydrogen) atoms. The van der Waals surface area contributed by atoms with Crippen LogP contribution in [0.2, 0.25) is 5.02 Å². The van der Waals surface area contributed by atoms with Gasteiger partial charge in [-0.1, -0.05) is 30.9 Å². The monoisotopic (exact) mass is 482 g/mol. The molecule has 0 bridgehead atoms. The molecule has 1 aliphatic carbocycles. The molecule has 3 N–H and O–H groups in total. The van der Waals surface area contributed by atoms with Crippen LogP contribution in [0.15, 0.2) is 42.5 Å². The lowest BCUT2D eigenvalue weighted by Crippen LogP contribution is -2.36. The number of likely N-dealkylation sites (tertiary alicyclic amines) is 1. The molecular formula is C26H31ClN4O3. The maximum absolute atomic E-state index is 12.7. The lowest BCUT2D eigenvalue weighted by Gasteiger charge is -2.23. The van der Waals surface area contributed by atoms with Gasteiger partial charge in [-0.2, -0.15) is 0 Å². The normalized spacial score (nSPS) is 16.2. The number of carbonyl (C=O) groups excluding carboxylic acids is 3. The van der Waals surface area contributed by atoms with Crippen LogP contribution in [0, 0.1) is 0 Å². The zero-order chi connectivity index (χ0) is 23.9. The van der Waals surface area contributed by atoms with Gasteiger partial charge >= 0.3 is 0 Å². The Kier molecular flexibility index (Phi) is 8.06. The summed E-state index contributed by atoms with van der Waals surface area (Å²) in [6.45, 7) is 1.63. The van der Waals surface area contributed by atoms with Crippen molar-refractivity contribution in [2.75, 3.05) is 30.3 Å². The van der Waals surface area contributed by atoms with Gasteiger partial charge in [-0.05, 0) is 68.1 Å². The molecule has 180 valence electrons. The van der Waals surface area contributed by atoms with Crippen molar-refractivity contribution < 1.29 is 14.4 Å². The first-order valence-corrected chi connectivity index (χ1v) is 12.4. The molecule has 4 rings (SSSR count). The maximum atomic E-state index is 12.7. The van der Waals surface area contributed by atoms with E-state index in [4.69, 9.17) is 11.6 Å². The summed E-state index contributed by atoms with van der Waals surface area (Å²) in [4.78, 5) is 39.4. The highest BCUT2D eigenvalue weighted by molar-refractivity contribution is 6.34. The van der Waals surface area contributed by atoms with E-state index in [0.29, 0.717) is 27.5 Å². The summed E-state index contributed by atoms with van der Waals surface area (Å²) >= 11 is 6.26. The Morgan fingerprint density at radius 3 is 2.26 bits per heavy atom. The van der Waals surface area contributed by atoms with Crippen molar-refractivity contribution in [2.45, 2.75) is 51.0 Å². The minimum atomic E-state index is -0.234. The van der Waals surface area contributed by atoms with E-state index in [1.165, 1.54) is 6.42 Å². The molecule has 0 unspecified atom stereocenters. The van der Waals surface area contributed by atoms with Crippen LogP contribution >= 0.6 is 11.6 Å². The summed E-state index contributed by atoms with van der Waals surface area (Å²) < 4.78 is 0. The Balaban J connectivity index is 1.29. The molecule has 2 aromatic carbocycles. The molecule has 1 aliphatic heterocycles. The number of rotatable bonds is 7. The smallest absolute Gasteiger partial charge is 0.253 e. The first-order valence-electron chi connectivity index (χ1n) is 12.0. The molecule has 0 aromatic heterocycles. The molecule has 3 amide bonds. The van der Waals surface area contributed by atoms with Crippen LogP contribution < -0.4 is 16.0 Å². The second-order valence-electron chi connectivity index (χ2n) is 8.98. The largest absolute Gasteiger partial charge is 0.376 e. The van der Waals surface area contributed by atoms with Crippen LogP contribution in [0.1, 0.15) is 65.7 Å². The average molecular weight is 483 g/mol. The third-order valence-electron chi connectivity index (χ3n) is 6.41.